The maximum atomic E-state index is 12.5. The molecular formula is C8H9F3N4. The van der Waals surface area contributed by atoms with Crippen LogP contribution >= 0.6 is 0 Å². The maximum absolute atomic E-state index is 12.5. The lowest BCUT2D eigenvalue weighted by atomic mass is 10.2. The second-order valence-corrected chi connectivity index (χ2v) is 2.96. The Hall–Kier alpha value is -1.58. The summed E-state index contributed by atoms with van der Waals surface area (Å²) in [6.45, 7) is 1.86. The van der Waals surface area contributed by atoms with Crippen molar-refractivity contribution in [1.29, 1.82) is 5.26 Å². The van der Waals surface area contributed by atoms with Crippen LogP contribution in [0, 0.1) is 11.3 Å². The van der Waals surface area contributed by atoms with Crippen LogP contribution in [0.1, 0.15) is 31.4 Å². The zero-order valence-electron chi connectivity index (χ0n) is 8.04. The molecule has 1 aromatic heterocycles. The molecule has 0 N–H and O–H groups in total. The van der Waals surface area contributed by atoms with E-state index in [-0.39, 0.29) is 16.8 Å². The molecule has 0 fully saturated rings. The molecule has 82 valence electrons. The van der Waals surface area contributed by atoms with Crippen LogP contribution in [0.2, 0.25) is 0 Å². The molecule has 0 atom stereocenters. The molecule has 4 nitrogen and oxygen atoms in total. The molecule has 0 aliphatic carbocycles. The first-order valence-corrected chi connectivity index (χ1v) is 4.42. The minimum Gasteiger partial charge on any atom is -0.211 e. The van der Waals surface area contributed by atoms with Crippen LogP contribution < -0.4 is 0 Å². The Morgan fingerprint density at radius 2 is 2.07 bits per heavy atom. The van der Waals surface area contributed by atoms with Crippen LogP contribution in [0.15, 0.2) is 0 Å². The van der Waals surface area contributed by atoms with Crippen LogP contribution in [0.3, 0.4) is 0 Å². The highest BCUT2D eigenvalue weighted by atomic mass is 19.4. The Balaban J connectivity index is 3.08. The van der Waals surface area contributed by atoms with Crippen LogP contribution in [0.4, 0.5) is 13.2 Å². The van der Waals surface area contributed by atoms with Gasteiger partial charge in [-0.2, -0.15) is 5.26 Å². The van der Waals surface area contributed by atoms with Crippen molar-refractivity contribution in [2.24, 2.45) is 0 Å². The van der Waals surface area contributed by atoms with Crippen molar-refractivity contribution in [3.8, 4) is 6.07 Å². The Morgan fingerprint density at radius 1 is 1.40 bits per heavy atom. The van der Waals surface area contributed by atoms with Crippen LogP contribution in [-0.4, -0.2) is 14.8 Å². The second-order valence-electron chi connectivity index (χ2n) is 2.96. The molecule has 15 heavy (non-hydrogen) atoms. The van der Waals surface area contributed by atoms with E-state index in [1.807, 2.05) is 6.92 Å². The summed E-state index contributed by atoms with van der Waals surface area (Å²) in [4.78, 5) is 0. The number of alkyl halides is 3. The number of unbranched alkanes of at least 4 members (excludes halogenated alkanes) is 1. The maximum Gasteiger partial charge on any atom is 0.492 e. The van der Waals surface area contributed by atoms with E-state index in [0.717, 1.165) is 6.42 Å². The standard InChI is InChI=1S/C8H9F3N4/c1-2-3-4-6-13-14-7(5-12)15(6)8(9,10)11/h2-4H2,1H3. The van der Waals surface area contributed by atoms with Gasteiger partial charge in [-0.1, -0.05) is 13.3 Å². The van der Waals surface area contributed by atoms with Crippen molar-refractivity contribution in [3.63, 3.8) is 0 Å². The fraction of sp³-hybridized carbons (Fsp3) is 0.625. The summed E-state index contributed by atoms with van der Waals surface area (Å²) in [6.07, 6.45) is -3.12. The molecule has 0 bridgehead atoms. The van der Waals surface area contributed by atoms with Gasteiger partial charge in [0.05, 0.1) is 0 Å². The van der Waals surface area contributed by atoms with Crippen molar-refractivity contribution >= 4 is 0 Å². The number of nitriles is 1. The van der Waals surface area contributed by atoms with E-state index in [1.165, 1.54) is 6.07 Å². The van der Waals surface area contributed by atoms with E-state index in [4.69, 9.17) is 5.26 Å². The van der Waals surface area contributed by atoms with Crippen molar-refractivity contribution < 1.29 is 13.2 Å². The smallest absolute Gasteiger partial charge is 0.211 e. The number of aryl methyl sites for hydroxylation is 1. The lowest BCUT2D eigenvalue weighted by Crippen LogP contribution is -2.21. The molecule has 0 saturated carbocycles. The van der Waals surface area contributed by atoms with Crippen molar-refractivity contribution in [2.75, 3.05) is 0 Å². The first kappa shape index (κ1) is 11.5. The fourth-order valence-electron chi connectivity index (χ4n) is 1.15. The first-order valence-electron chi connectivity index (χ1n) is 4.42. The van der Waals surface area contributed by atoms with E-state index in [2.05, 4.69) is 10.2 Å². The Morgan fingerprint density at radius 3 is 2.53 bits per heavy atom. The number of hydrogen-bond donors (Lipinski definition) is 0. The van der Waals surface area contributed by atoms with Gasteiger partial charge in [-0.05, 0) is 6.42 Å². The summed E-state index contributed by atoms with van der Waals surface area (Å²) >= 11 is 0. The normalized spacial score (nSPS) is 11.4. The van der Waals surface area contributed by atoms with E-state index >= 15 is 0 Å². The number of halogens is 3. The second kappa shape index (κ2) is 4.29. The van der Waals surface area contributed by atoms with E-state index < -0.39 is 12.1 Å². The topological polar surface area (TPSA) is 54.5 Å². The van der Waals surface area contributed by atoms with Crippen molar-refractivity contribution in [3.05, 3.63) is 11.6 Å². The number of hydrogen-bond acceptors (Lipinski definition) is 3. The molecule has 0 aliphatic rings. The fourth-order valence-corrected chi connectivity index (χ4v) is 1.15. The van der Waals surface area contributed by atoms with E-state index in [9.17, 15) is 13.2 Å². The predicted octanol–water partition coefficient (Wildman–Crippen LogP) is 1.97. The lowest BCUT2D eigenvalue weighted by molar-refractivity contribution is -0.206. The average Bonchev–Trinajstić information content (AvgIpc) is 2.56. The number of nitrogens with zero attached hydrogens (tertiary/aromatic N) is 4. The van der Waals surface area contributed by atoms with E-state index in [1.54, 1.807) is 0 Å². The highest BCUT2D eigenvalue weighted by Crippen LogP contribution is 2.25. The molecular weight excluding hydrogens is 209 g/mol. The largest absolute Gasteiger partial charge is 0.492 e. The molecule has 1 rings (SSSR count). The zero-order chi connectivity index (χ0) is 11.5. The highest BCUT2D eigenvalue weighted by Gasteiger charge is 2.36. The predicted molar refractivity (Wildman–Crippen MR) is 44.6 cm³/mol. The third kappa shape index (κ3) is 2.46. The quantitative estimate of drug-likeness (QED) is 0.779. The van der Waals surface area contributed by atoms with E-state index in [0.29, 0.717) is 6.42 Å². The molecule has 0 saturated heterocycles. The minimum atomic E-state index is -4.63. The zero-order valence-corrected chi connectivity index (χ0v) is 8.04. The van der Waals surface area contributed by atoms with Gasteiger partial charge in [-0.25, -0.2) is 4.57 Å². The van der Waals surface area contributed by atoms with Gasteiger partial charge in [-0.3, -0.25) is 0 Å². The van der Waals surface area contributed by atoms with Gasteiger partial charge >= 0.3 is 6.30 Å². The van der Waals surface area contributed by atoms with Gasteiger partial charge in [0.1, 0.15) is 11.9 Å². The summed E-state index contributed by atoms with van der Waals surface area (Å²) in [6, 6.07) is 1.37. The average molecular weight is 218 g/mol. The van der Waals surface area contributed by atoms with Gasteiger partial charge in [-0.15, -0.1) is 23.4 Å². The molecule has 1 heterocycles. The number of rotatable bonds is 3. The monoisotopic (exact) mass is 218 g/mol. The Bertz CT molecular complexity index is 374. The molecule has 0 spiro atoms. The van der Waals surface area contributed by atoms with Gasteiger partial charge in [0.25, 0.3) is 0 Å². The van der Waals surface area contributed by atoms with Gasteiger partial charge in [0, 0.05) is 6.42 Å². The molecule has 7 heteroatoms. The third-order valence-electron chi connectivity index (χ3n) is 1.84. The molecule has 1 aromatic rings. The summed E-state index contributed by atoms with van der Waals surface area (Å²) in [7, 11) is 0. The molecule has 0 radical (unpaired) electrons. The van der Waals surface area contributed by atoms with Crippen LogP contribution in [-0.2, 0) is 12.7 Å². The lowest BCUT2D eigenvalue weighted by Gasteiger charge is -2.10. The Labute approximate surface area is 84.3 Å². The summed E-state index contributed by atoms with van der Waals surface area (Å²) in [5.41, 5.74) is 0. The number of aromatic nitrogens is 3. The molecule has 0 unspecified atom stereocenters. The molecule has 0 amide bonds. The Kier molecular flexibility index (Phi) is 3.29. The van der Waals surface area contributed by atoms with Crippen molar-refractivity contribution in [1.82, 2.24) is 14.8 Å². The van der Waals surface area contributed by atoms with Crippen LogP contribution in [0.5, 0.6) is 0 Å². The molecule has 0 aliphatic heterocycles. The molecule has 0 aromatic carbocycles. The minimum absolute atomic E-state index is 0.0668. The van der Waals surface area contributed by atoms with Crippen LogP contribution in [0.25, 0.3) is 0 Å². The third-order valence-corrected chi connectivity index (χ3v) is 1.84. The van der Waals surface area contributed by atoms with Crippen molar-refractivity contribution in [2.45, 2.75) is 32.5 Å². The summed E-state index contributed by atoms with van der Waals surface area (Å²) in [5.74, 6) is -0.922. The summed E-state index contributed by atoms with van der Waals surface area (Å²) < 4.78 is 37.4. The summed E-state index contributed by atoms with van der Waals surface area (Å²) in [5, 5.41) is 15.0. The SMILES string of the molecule is CCCCc1nnc(C#N)n1C(F)(F)F. The van der Waals surface area contributed by atoms with Gasteiger partial charge in [0.2, 0.25) is 5.82 Å². The van der Waals surface area contributed by atoms with Gasteiger partial charge < -0.3 is 0 Å². The van der Waals surface area contributed by atoms with Gasteiger partial charge in [0.15, 0.2) is 0 Å². The first-order chi connectivity index (χ1) is 7.00. The highest BCUT2D eigenvalue weighted by molar-refractivity contribution is 5.13.